The van der Waals surface area contributed by atoms with E-state index >= 15 is 0 Å². The fourth-order valence-corrected chi connectivity index (χ4v) is 1.38. The molecule has 0 bridgehead atoms. The number of hydrogen-bond donors (Lipinski definition) is 3. The molecule has 1 heterocycles. The number of nitrogens with two attached hydrogens (primary N) is 2. The molecule has 1 amide bonds. The van der Waals surface area contributed by atoms with Crippen molar-refractivity contribution in [3.8, 4) is 0 Å². The maximum Gasteiger partial charge on any atom is 0.255 e. The van der Waals surface area contributed by atoms with Crippen LogP contribution in [-0.4, -0.2) is 31.3 Å². The number of ether oxygens (including phenoxy) is 1. The molecule has 16 heavy (non-hydrogen) atoms. The van der Waals surface area contributed by atoms with E-state index in [4.69, 9.17) is 16.2 Å². The molecule has 1 aromatic heterocycles. The van der Waals surface area contributed by atoms with Crippen LogP contribution in [0.2, 0.25) is 0 Å². The van der Waals surface area contributed by atoms with Gasteiger partial charge in [-0.15, -0.1) is 0 Å². The average Bonchev–Trinajstić information content (AvgIpc) is 2.29. The average molecular weight is 224 g/mol. The fraction of sp³-hybridized carbons (Fsp3) is 0.400. The second-order valence-corrected chi connectivity index (χ2v) is 3.13. The van der Waals surface area contributed by atoms with Gasteiger partial charge in [0, 0.05) is 13.2 Å². The Morgan fingerprint density at radius 1 is 1.62 bits per heavy atom. The maximum absolute atomic E-state index is 11.6. The second kappa shape index (κ2) is 6.04. The van der Waals surface area contributed by atoms with Crippen molar-refractivity contribution in [3.63, 3.8) is 0 Å². The normalized spacial score (nSPS) is 10.1. The third-order valence-electron chi connectivity index (χ3n) is 2.15. The van der Waals surface area contributed by atoms with Crippen LogP contribution < -0.4 is 16.8 Å². The standard InChI is InChI=1S/C10H16N4O2/c1-13-10(15)8-7(3-5-16-6-11)2-4-14-9(8)12/h2,4H,3,5-6,11H2,1H3,(H2,12,14)(H,13,15). The minimum atomic E-state index is -0.242. The predicted octanol–water partition coefficient (Wildman–Crippen LogP) is -0.501. The molecule has 88 valence electrons. The van der Waals surface area contributed by atoms with Crippen LogP contribution in [0.3, 0.4) is 0 Å². The predicted molar refractivity (Wildman–Crippen MR) is 60.8 cm³/mol. The number of hydrogen-bond acceptors (Lipinski definition) is 5. The van der Waals surface area contributed by atoms with E-state index in [1.54, 1.807) is 19.3 Å². The molecule has 0 aliphatic carbocycles. The zero-order valence-corrected chi connectivity index (χ0v) is 9.19. The fourth-order valence-electron chi connectivity index (χ4n) is 1.38. The molecule has 6 heteroatoms. The minimum absolute atomic E-state index is 0.163. The molecule has 6 nitrogen and oxygen atoms in total. The van der Waals surface area contributed by atoms with E-state index in [2.05, 4.69) is 10.3 Å². The summed E-state index contributed by atoms with van der Waals surface area (Å²) >= 11 is 0. The molecule has 1 aromatic rings. The zero-order valence-electron chi connectivity index (χ0n) is 9.19. The minimum Gasteiger partial charge on any atom is -0.383 e. The van der Waals surface area contributed by atoms with Crippen molar-refractivity contribution in [2.75, 3.05) is 26.1 Å². The summed E-state index contributed by atoms with van der Waals surface area (Å²) in [6.45, 7) is 0.611. The Bertz CT molecular complexity index is 368. The molecule has 0 radical (unpaired) electrons. The lowest BCUT2D eigenvalue weighted by molar-refractivity contribution is 0.0961. The molecule has 0 spiro atoms. The van der Waals surface area contributed by atoms with E-state index in [1.165, 1.54) is 0 Å². The quantitative estimate of drug-likeness (QED) is 0.462. The summed E-state index contributed by atoms with van der Waals surface area (Å²) < 4.78 is 5.03. The van der Waals surface area contributed by atoms with Crippen molar-refractivity contribution in [2.45, 2.75) is 6.42 Å². The van der Waals surface area contributed by atoms with Crippen LogP contribution in [0.5, 0.6) is 0 Å². The zero-order chi connectivity index (χ0) is 12.0. The van der Waals surface area contributed by atoms with Crippen LogP contribution >= 0.6 is 0 Å². The lowest BCUT2D eigenvalue weighted by Gasteiger charge is -2.09. The first-order chi connectivity index (χ1) is 7.70. The molecule has 0 saturated carbocycles. The summed E-state index contributed by atoms with van der Waals surface area (Å²) in [7, 11) is 1.55. The summed E-state index contributed by atoms with van der Waals surface area (Å²) in [6, 6.07) is 1.75. The number of pyridine rings is 1. The van der Waals surface area contributed by atoms with Gasteiger partial charge in [0.1, 0.15) is 5.82 Å². The number of rotatable bonds is 5. The Hall–Kier alpha value is -1.66. The first-order valence-electron chi connectivity index (χ1n) is 4.94. The van der Waals surface area contributed by atoms with Gasteiger partial charge in [0.05, 0.1) is 18.9 Å². The Morgan fingerprint density at radius 2 is 2.38 bits per heavy atom. The van der Waals surface area contributed by atoms with E-state index in [1.807, 2.05) is 0 Å². The van der Waals surface area contributed by atoms with Gasteiger partial charge in [-0.1, -0.05) is 0 Å². The highest BCUT2D eigenvalue weighted by Gasteiger charge is 2.14. The van der Waals surface area contributed by atoms with E-state index in [0.717, 1.165) is 5.56 Å². The van der Waals surface area contributed by atoms with Gasteiger partial charge in [0.2, 0.25) is 0 Å². The van der Waals surface area contributed by atoms with Crippen molar-refractivity contribution in [1.29, 1.82) is 0 Å². The van der Waals surface area contributed by atoms with Crippen molar-refractivity contribution in [2.24, 2.45) is 5.73 Å². The number of carbonyl (C=O) groups excluding carboxylic acids is 1. The van der Waals surface area contributed by atoms with Crippen molar-refractivity contribution in [1.82, 2.24) is 10.3 Å². The van der Waals surface area contributed by atoms with E-state index in [9.17, 15) is 4.79 Å². The van der Waals surface area contributed by atoms with Gasteiger partial charge in [-0.25, -0.2) is 4.98 Å². The summed E-state index contributed by atoms with van der Waals surface area (Å²) in [6.07, 6.45) is 2.15. The topological polar surface area (TPSA) is 103 Å². The van der Waals surface area contributed by atoms with Crippen LogP contribution in [0.25, 0.3) is 0 Å². The monoisotopic (exact) mass is 224 g/mol. The molecule has 0 aliphatic heterocycles. The third-order valence-corrected chi connectivity index (χ3v) is 2.15. The van der Waals surface area contributed by atoms with Gasteiger partial charge in [-0.3, -0.25) is 4.79 Å². The van der Waals surface area contributed by atoms with Gasteiger partial charge in [-0.2, -0.15) is 0 Å². The number of carbonyl (C=O) groups is 1. The molecule has 0 fully saturated rings. The van der Waals surface area contributed by atoms with E-state index < -0.39 is 0 Å². The number of nitrogens with one attached hydrogen (secondary N) is 1. The Labute approximate surface area is 94.0 Å². The van der Waals surface area contributed by atoms with Crippen molar-refractivity contribution >= 4 is 11.7 Å². The van der Waals surface area contributed by atoms with Gasteiger partial charge >= 0.3 is 0 Å². The highest BCUT2D eigenvalue weighted by Crippen LogP contribution is 2.14. The van der Waals surface area contributed by atoms with Crippen LogP contribution in [0.4, 0.5) is 5.82 Å². The summed E-state index contributed by atoms with van der Waals surface area (Å²) in [5.41, 5.74) is 12.1. The Balaban J connectivity index is 2.89. The highest BCUT2D eigenvalue weighted by molar-refractivity contribution is 5.99. The first kappa shape index (κ1) is 12.4. The van der Waals surface area contributed by atoms with Crippen LogP contribution in [0.1, 0.15) is 15.9 Å². The van der Waals surface area contributed by atoms with Crippen molar-refractivity contribution in [3.05, 3.63) is 23.4 Å². The Kier molecular flexibility index (Phi) is 4.68. The molecule has 5 N–H and O–H groups in total. The SMILES string of the molecule is CNC(=O)c1c(CCOCN)ccnc1N. The summed E-state index contributed by atoms with van der Waals surface area (Å²) in [5.74, 6) is -0.0158. The molecule has 0 unspecified atom stereocenters. The molecule has 0 aromatic carbocycles. The molecular formula is C10H16N4O2. The summed E-state index contributed by atoms with van der Waals surface area (Å²) in [5, 5.41) is 2.53. The lowest BCUT2D eigenvalue weighted by Crippen LogP contribution is -2.22. The van der Waals surface area contributed by atoms with Crippen molar-refractivity contribution < 1.29 is 9.53 Å². The lowest BCUT2D eigenvalue weighted by atomic mass is 10.1. The van der Waals surface area contributed by atoms with Crippen LogP contribution in [0, 0.1) is 0 Å². The molecular weight excluding hydrogens is 208 g/mol. The molecule has 1 rings (SSSR count). The van der Waals surface area contributed by atoms with E-state index in [-0.39, 0.29) is 18.5 Å². The number of nitrogen functional groups attached to an aromatic ring is 1. The second-order valence-electron chi connectivity index (χ2n) is 3.13. The van der Waals surface area contributed by atoms with Crippen LogP contribution in [-0.2, 0) is 11.2 Å². The molecule has 0 aliphatic rings. The number of aromatic nitrogens is 1. The first-order valence-corrected chi connectivity index (χ1v) is 4.94. The third kappa shape index (κ3) is 2.91. The smallest absolute Gasteiger partial charge is 0.255 e. The number of anilines is 1. The molecule has 0 saturated heterocycles. The highest BCUT2D eigenvalue weighted by atomic mass is 16.5. The summed E-state index contributed by atoms with van der Waals surface area (Å²) in [4.78, 5) is 15.5. The Morgan fingerprint density at radius 3 is 3.00 bits per heavy atom. The number of amides is 1. The van der Waals surface area contributed by atoms with Gasteiger partial charge in [-0.05, 0) is 18.1 Å². The maximum atomic E-state index is 11.6. The number of nitrogens with zero attached hydrogens (tertiary/aromatic N) is 1. The van der Waals surface area contributed by atoms with Crippen LogP contribution in [0.15, 0.2) is 12.3 Å². The van der Waals surface area contributed by atoms with Gasteiger partial charge in [0.25, 0.3) is 5.91 Å². The van der Waals surface area contributed by atoms with Gasteiger partial charge in [0.15, 0.2) is 0 Å². The van der Waals surface area contributed by atoms with E-state index in [0.29, 0.717) is 18.6 Å². The largest absolute Gasteiger partial charge is 0.383 e. The molecule has 0 atom stereocenters. The van der Waals surface area contributed by atoms with Gasteiger partial charge < -0.3 is 21.5 Å².